The van der Waals surface area contributed by atoms with Crippen molar-refractivity contribution in [3.63, 3.8) is 0 Å². The number of benzene rings is 1. The Morgan fingerprint density at radius 2 is 2.06 bits per heavy atom. The van der Waals surface area contributed by atoms with Crippen LogP contribution in [0, 0.1) is 0 Å². The first-order chi connectivity index (χ1) is 8.58. The third-order valence-electron chi connectivity index (χ3n) is 3.78. The third kappa shape index (κ3) is 3.47. The molecule has 1 saturated heterocycles. The van der Waals surface area contributed by atoms with Gasteiger partial charge in [-0.25, -0.2) is 0 Å². The van der Waals surface area contributed by atoms with E-state index in [1.807, 2.05) is 12.1 Å². The van der Waals surface area contributed by atoms with E-state index in [9.17, 15) is 0 Å². The lowest BCUT2D eigenvalue weighted by Gasteiger charge is -2.35. The summed E-state index contributed by atoms with van der Waals surface area (Å²) in [6.45, 7) is 3.30. The van der Waals surface area contributed by atoms with Crippen molar-refractivity contribution in [1.82, 2.24) is 9.80 Å². The minimum Gasteiger partial charge on any atom is -0.306 e. The molecule has 0 radical (unpaired) electrons. The van der Waals surface area contributed by atoms with E-state index >= 15 is 0 Å². The Labute approximate surface area is 123 Å². The molecule has 1 aliphatic rings. The van der Waals surface area contributed by atoms with Crippen LogP contribution >= 0.6 is 27.5 Å². The molecule has 0 aromatic heterocycles. The molecule has 0 amide bonds. The molecule has 0 saturated carbocycles. The first-order valence-electron chi connectivity index (χ1n) is 6.39. The van der Waals surface area contributed by atoms with Crippen molar-refractivity contribution in [2.45, 2.75) is 25.4 Å². The Bertz CT molecular complexity index is 383. The van der Waals surface area contributed by atoms with Crippen LogP contribution in [0.1, 0.15) is 18.4 Å². The molecule has 2 nitrogen and oxygen atoms in total. The normalized spacial score (nSPS) is 18.5. The SMILES string of the molecule is CN1CCC(N(C)Cc2c(Cl)cccc2Br)CC1. The van der Waals surface area contributed by atoms with E-state index in [-0.39, 0.29) is 0 Å². The summed E-state index contributed by atoms with van der Waals surface area (Å²) in [6, 6.07) is 6.67. The molecule has 0 unspecified atom stereocenters. The van der Waals surface area contributed by atoms with Crippen molar-refractivity contribution in [3.05, 3.63) is 33.3 Å². The minimum atomic E-state index is 0.671. The molecule has 1 fully saturated rings. The fourth-order valence-corrected chi connectivity index (χ4v) is 3.34. The van der Waals surface area contributed by atoms with Crippen LogP contribution in [0.25, 0.3) is 0 Å². The van der Waals surface area contributed by atoms with Crippen molar-refractivity contribution in [3.8, 4) is 0 Å². The summed E-state index contributed by atoms with van der Waals surface area (Å²) in [5, 5.41) is 0.851. The summed E-state index contributed by atoms with van der Waals surface area (Å²) in [6.07, 6.45) is 2.49. The number of hydrogen-bond acceptors (Lipinski definition) is 2. The van der Waals surface area contributed by atoms with Gasteiger partial charge in [0.2, 0.25) is 0 Å². The van der Waals surface area contributed by atoms with Gasteiger partial charge in [-0.05, 0) is 57.7 Å². The zero-order valence-electron chi connectivity index (χ0n) is 11.0. The highest BCUT2D eigenvalue weighted by Crippen LogP contribution is 2.27. The predicted octanol–water partition coefficient (Wildman–Crippen LogP) is 3.63. The first-order valence-corrected chi connectivity index (χ1v) is 7.56. The summed E-state index contributed by atoms with van der Waals surface area (Å²) < 4.78 is 1.11. The topological polar surface area (TPSA) is 6.48 Å². The zero-order chi connectivity index (χ0) is 13.1. The molecule has 0 spiro atoms. The second-order valence-corrected chi connectivity index (χ2v) is 6.41. The van der Waals surface area contributed by atoms with Gasteiger partial charge in [-0.2, -0.15) is 0 Å². The van der Waals surface area contributed by atoms with Gasteiger partial charge in [0.25, 0.3) is 0 Å². The highest BCUT2D eigenvalue weighted by Gasteiger charge is 2.21. The van der Waals surface area contributed by atoms with Crippen LogP contribution in [-0.4, -0.2) is 43.0 Å². The average molecular weight is 332 g/mol. The van der Waals surface area contributed by atoms with Gasteiger partial charge in [-0.3, -0.25) is 4.90 Å². The number of piperidine rings is 1. The molecule has 0 aliphatic carbocycles. The van der Waals surface area contributed by atoms with Crippen molar-refractivity contribution in [2.24, 2.45) is 0 Å². The maximum Gasteiger partial charge on any atom is 0.0462 e. The second-order valence-electron chi connectivity index (χ2n) is 5.15. The Morgan fingerprint density at radius 1 is 1.39 bits per heavy atom. The molecule has 1 aromatic carbocycles. The standard InChI is InChI=1S/C14H20BrClN2/c1-17-8-6-11(7-9-17)18(2)10-12-13(15)4-3-5-14(12)16/h3-5,11H,6-10H2,1-2H3. The van der Waals surface area contributed by atoms with E-state index in [1.54, 1.807) is 0 Å². The molecule has 1 aromatic rings. The van der Waals surface area contributed by atoms with Crippen molar-refractivity contribution < 1.29 is 0 Å². The number of likely N-dealkylation sites (tertiary alicyclic amines) is 1. The summed E-state index contributed by atoms with van der Waals surface area (Å²) in [5.41, 5.74) is 1.19. The second kappa shape index (κ2) is 6.38. The van der Waals surface area contributed by atoms with Gasteiger partial charge in [0.15, 0.2) is 0 Å². The molecule has 1 heterocycles. The summed E-state index contributed by atoms with van der Waals surface area (Å²) in [5.74, 6) is 0. The van der Waals surface area contributed by atoms with Crippen molar-refractivity contribution in [1.29, 1.82) is 0 Å². The van der Waals surface area contributed by atoms with Crippen LogP contribution in [0.4, 0.5) is 0 Å². The molecule has 18 heavy (non-hydrogen) atoms. The van der Waals surface area contributed by atoms with Crippen LogP contribution in [0.2, 0.25) is 5.02 Å². The maximum absolute atomic E-state index is 6.27. The van der Waals surface area contributed by atoms with E-state index in [4.69, 9.17) is 11.6 Å². The molecule has 0 N–H and O–H groups in total. The molecule has 1 aliphatic heterocycles. The highest BCUT2D eigenvalue weighted by atomic mass is 79.9. The van der Waals surface area contributed by atoms with Gasteiger partial charge in [0, 0.05) is 22.1 Å². The van der Waals surface area contributed by atoms with Crippen LogP contribution in [0.5, 0.6) is 0 Å². The number of halogens is 2. The Hall–Kier alpha value is -0.0900. The average Bonchev–Trinajstić information content (AvgIpc) is 2.34. The highest BCUT2D eigenvalue weighted by molar-refractivity contribution is 9.10. The van der Waals surface area contributed by atoms with E-state index < -0.39 is 0 Å². The first kappa shape index (κ1) is 14.3. The van der Waals surface area contributed by atoms with E-state index in [0.717, 1.165) is 16.0 Å². The summed E-state index contributed by atoms with van der Waals surface area (Å²) in [7, 11) is 4.40. The summed E-state index contributed by atoms with van der Waals surface area (Å²) >= 11 is 9.86. The van der Waals surface area contributed by atoms with Crippen LogP contribution in [0.15, 0.2) is 22.7 Å². The van der Waals surface area contributed by atoms with Crippen LogP contribution < -0.4 is 0 Å². The van der Waals surface area contributed by atoms with E-state index in [2.05, 4.69) is 45.9 Å². The van der Waals surface area contributed by atoms with Gasteiger partial charge in [0.05, 0.1) is 0 Å². The van der Waals surface area contributed by atoms with Gasteiger partial charge in [-0.1, -0.05) is 33.6 Å². The molecule has 0 bridgehead atoms. The van der Waals surface area contributed by atoms with Gasteiger partial charge < -0.3 is 4.90 Å². The lowest BCUT2D eigenvalue weighted by Crippen LogP contribution is -2.41. The minimum absolute atomic E-state index is 0.671. The van der Waals surface area contributed by atoms with Crippen molar-refractivity contribution >= 4 is 27.5 Å². The Balaban J connectivity index is 2.00. The molecular formula is C14H20BrClN2. The Morgan fingerprint density at radius 3 is 2.67 bits per heavy atom. The van der Waals surface area contributed by atoms with Gasteiger partial charge in [-0.15, -0.1) is 0 Å². The lowest BCUT2D eigenvalue weighted by atomic mass is 10.0. The number of nitrogens with zero attached hydrogens (tertiary/aromatic N) is 2. The fraction of sp³-hybridized carbons (Fsp3) is 0.571. The largest absolute Gasteiger partial charge is 0.306 e. The molecule has 0 atom stereocenters. The fourth-order valence-electron chi connectivity index (χ4n) is 2.50. The monoisotopic (exact) mass is 330 g/mol. The van der Waals surface area contributed by atoms with Crippen LogP contribution in [-0.2, 0) is 6.54 Å². The zero-order valence-corrected chi connectivity index (χ0v) is 13.3. The van der Waals surface area contributed by atoms with Crippen molar-refractivity contribution in [2.75, 3.05) is 27.2 Å². The lowest BCUT2D eigenvalue weighted by molar-refractivity contribution is 0.139. The Kier molecular flexibility index (Phi) is 5.07. The van der Waals surface area contributed by atoms with Gasteiger partial charge in [0.1, 0.15) is 0 Å². The maximum atomic E-state index is 6.27. The molecule has 4 heteroatoms. The molecular weight excluding hydrogens is 312 g/mol. The quantitative estimate of drug-likeness (QED) is 0.834. The van der Waals surface area contributed by atoms with Gasteiger partial charge >= 0.3 is 0 Å². The van der Waals surface area contributed by atoms with E-state index in [0.29, 0.717) is 6.04 Å². The number of rotatable bonds is 3. The third-order valence-corrected chi connectivity index (χ3v) is 4.88. The smallest absolute Gasteiger partial charge is 0.0462 e. The molecule has 100 valence electrons. The van der Waals surface area contributed by atoms with Crippen LogP contribution in [0.3, 0.4) is 0 Å². The van der Waals surface area contributed by atoms with E-state index in [1.165, 1.54) is 31.5 Å². The molecule has 2 rings (SSSR count). The predicted molar refractivity (Wildman–Crippen MR) is 81.1 cm³/mol. The number of hydrogen-bond donors (Lipinski definition) is 0. The summed E-state index contributed by atoms with van der Waals surface area (Å²) in [4.78, 5) is 4.83.